The lowest BCUT2D eigenvalue weighted by Gasteiger charge is -2.23. The van der Waals surface area contributed by atoms with E-state index >= 15 is 0 Å². The number of benzene rings is 2. The molecule has 0 aliphatic carbocycles. The number of carbonyl (C=O) groups excluding carboxylic acids is 1. The van der Waals surface area contributed by atoms with Gasteiger partial charge in [-0.15, -0.1) is 0 Å². The molecule has 0 aliphatic heterocycles. The molecular formula is C20H22ClN3O3. The van der Waals surface area contributed by atoms with Gasteiger partial charge in [0.25, 0.3) is 0 Å². The van der Waals surface area contributed by atoms with Crippen LogP contribution < -0.4 is 16.0 Å². The van der Waals surface area contributed by atoms with Crippen molar-refractivity contribution in [2.75, 3.05) is 24.5 Å². The number of oxazole rings is 1. The number of nitrogens with zero attached hydrogens (tertiary/aromatic N) is 2. The van der Waals surface area contributed by atoms with E-state index in [1.807, 2.05) is 6.07 Å². The number of carbonyl (C=O) groups is 1. The Kier molecular flexibility index (Phi) is 5.86. The van der Waals surface area contributed by atoms with Crippen molar-refractivity contribution in [3.05, 3.63) is 63.6 Å². The second-order valence-electron chi connectivity index (χ2n) is 6.33. The normalized spacial score (nSPS) is 10.9. The summed E-state index contributed by atoms with van der Waals surface area (Å²) in [6.07, 6.45) is 0. The Bertz CT molecular complexity index is 1010. The van der Waals surface area contributed by atoms with Crippen molar-refractivity contribution in [2.45, 2.75) is 20.4 Å². The van der Waals surface area contributed by atoms with Crippen molar-refractivity contribution in [3.63, 3.8) is 0 Å². The van der Waals surface area contributed by atoms with E-state index in [1.54, 1.807) is 18.2 Å². The molecule has 142 valence electrons. The molecule has 0 atom stereocenters. The molecule has 0 fully saturated rings. The summed E-state index contributed by atoms with van der Waals surface area (Å²) in [6.45, 7) is 6.04. The molecule has 0 unspecified atom stereocenters. The molecule has 1 heterocycles. The molecule has 0 aliphatic rings. The van der Waals surface area contributed by atoms with Crippen LogP contribution in [-0.2, 0) is 11.3 Å². The zero-order valence-corrected chi connectivity index (χ0v) is 16.1. The highest BCUT2D eigenvalue weighted by atomic mass is 35.5. The Morgan fingerprint density at radius 1 is 1.26 bits per heavy atom. The van der Waals surface area contributed by atoms with Gasteiger partial charge in [-0.1, -0.05) is 23.7 Å². The fourth-order valence-electron chi connectivity index (χ4n) is 3.01. The summed E-state index contributed by atoms with van der Waals surface area (Å²) < 4.78 is 6.45. The van der Waals surface area contributed by atoms with Crippen LogP contribution in [0.25, 0.3) is 11.1 Å². The zero-order valence-electron chi connectivity index (χ0n) is 15.4. The quantitative estimate of drug-likeness (QED) is 0.676. The number of aromatic nitrogens is 1. The van der Waals surface area contributed by atoms with Crippen LogP contribution in [-0.4, -0.2) is 30.1 Å². The number of amides is 1. The highest BCUT2D eigenvalue weighted by Crippen LogP contribution is 2.18. The molecule has 0 saturated heterocycles. The summed E-state index contributed by atoms with van der Waals surface area (Å²) in [5.41, 5.74) is 3.24. The van der Waals surface area contributed by atoms with Gasteiger partial charge in [-0.25, -0.2) is 4.79 Å². The van der Waals surface area contributed by atoms with Crippen LogP contribution in [0, 0.1) is 6.92 Å². The number of nitrogens with one attached hydrogen (secondary N) is 1. The van der Waals surface area contributed by atoms with Crippen LogP contribution in [0.3, 0.4) is 0 Å². The van der Waals surface area contributed by atoms with Gasteiger partial charge >= 0.3 is 5.76 Å². The van der Waals surface area contributed by atoms with Crippen molar-refractivity contribution >= 4 is 34.3 Å². The predicted octanol–water partition coefficient (Wildman–Crippen LogP) is 3.20. The highest BCUT2D eigenvalue weighted by molar-refractivity contribution is 6.31. The van der Waals surface area contributed by atoms with E-state index in [2.05, 4.69) is 42.3 Å². The summed E-state index contributed by atoms with van der Waals surface area (Å²) in [5.74, 6) is -0.813. The molecule has 1 amide bonds. The SMILES string of the molecule is CCN(CCNC(=O)Cn1c(=O)oc2cc(Cl)ccc21)c1cccc(C)c1. The van der Waals surface area contributed by atoms with Gasteiger partial charge in [0.15, 0.2) is 5.58 Å². The summed E-state index contributed by atoms with van der Waals surface area (Å²) in [5, 5.41) is 3.34. The van der Waals surface area contributed by atoms with E-state index in [1.165, 1.54) is 10.1 Å². The van der Waals surface area contributed by atoms with Gasteiger partial charge in [0.2, 0.25) is 5.91 Å². The van der Waals surface area contributed by atoms with Crippen LogP contribution in [0.2, 0.25) is 5.02 Å². The molecule has 3 aromatic rings. The molecule has 0 radical (unpaired) electrons. The Labute approximate surface area is 162 Å². The Balaban J connectivity index is 1.60. The second kappa shape index (κ2) is 8.31. The van der Waals surface area contributed by atoms with Crippen molar-refractivity contribution in [2.24, 2.45) is 0 Å². The first-order valence-corrected chi connectivity index (χ1v) is 9.23. The molecule has 0 saturated carbocycles. The summed E-state index contributed by atoms with van der Waals surface area (Å²) in [4.78, 5) is 26.5. The minimum Gasteiger partial charge on any atom is -0.408 e. The number of aryl methyl sites for hydroxylation is 1. The number of hydrogen-bond acceptors (Lipinski definition) is 4. The minimum atomic E-state index is -0.572. The van der Waals surface area contributed by atoms with E-state index in [4.69, 9.17) is 16.0 Å². The first-order chi connectivity index (χ1) is 13.0. The number of fused-ring (bicyclic) bond motifs is 1. The highest BCUT2D eigenvalue weighted by Gasteiger charge is 2.13. The van der Waals surface area contributed by atoms with Crippen molar-refractivity contribution < 1.29 is 9.21 Å². The fourth-order valence-corrected chi connectivity index (χ4v) is 3.18. The molecule has 2 aromatic carbocycles. The van der Waals surface area contributed by atoms with Gasteiger partial charge < -0.3 is 14.6 Å². The number of likely N-dealkylation sites (N-methyl/N-ethyl adjacent to an activating group) is 1. The molecule has 27 heavy (non-hydrogen) atoms. The average Bonchev–Trinajstić information content (AvgIpc) is 2.93. The Hall–Kier alpha value is -2.73. The lowest BCUT2D eigenvalue weighted by Crippen LogP contribution is -2.37. The molecule has 1 N–H and O–H groups in total. The van der Waals surface area contributed by atoms with Crippen LogP contribution in [0.1, 0.15) is 12.5 Å². The molecule has 3 rings (SSSR count). The molecular weight excluding hydrogens is 366 g/mol. The monoisotopic (exact) mass is 387 g/mol. The first-order valence-electron chi connectivity index (χ1n) is 8.85. The van der Waals surface area contributed by atoms with Crippen LogP contribution in [0.15, 0.2) is 51.7 Å². The van der Waals surface area contributed by atoms with Crippen LogP contribution in [0.4, 0.5) is 5.69 Å². The summed E-state index contributed by atoms with van der Waals surface area (Å²) in [6, 6.07) is 13.1. The Morgan fingerprint density at radius 2 is 2.07 bits per heavy atom. The van der Waals surface area contributed by atoms with E-state index in [9.17, 15) is 9.59 Å². The van der Waals surface area contributed by atoms with Gasteiger partial charge in [-0.3, -0.25) is 9.36 Å². The van der Waals surface area contributed by atoms with Gasteiger partial charge in [0.1, 0.15) is 6.54 Å². The standard InChI is InChI=1S/C20H22ClN3O3/c1-3-23(16-6-4-5-14(2)11-16)10-9-22-19(25)13-24-17-8-7-15(21)12-18(17)27-20(24)26/h4-8,11-12H,3,9-10,13H2,1-2H3,(H,22,25). The second-order valence-corrected chi connectivity index (χ2v) is 6.77. The predicted molar refractivity (Wildman–Crippen MR) is 108 cm³/mol. The maximum absolute atomic E-state index is 12.3. The van der Waals surface area contributed by atoms with Crippen molar-refractivity contribution in [1.29, 1.82) is 0 Å². The largest absolute Gasteiger partial charge is 0.420 e. The smallest absolute Gasteiger partial charge is 0.408 e. The summed E-state index contributed by atoms with van der Waals surface area (Å²) in [7, 11) is 0. The molecule has 0 bridgehead atoms. The third kappa shape index (κ3) is 4.52. The van der Waals surface area contributed by atoms with Gasteiger partial charge in [-0.2, -0.15) is 0 Å². The molecule has 6 nitrogen and oxygen atoms in total. The van der Waals surface area contributed by atoms with Crippen molar-refractivity contribution in [1.82, 2.24) is 9.88 Å². The number of hydrogen-bond donors (Lipinski definition) is 1. The zero-order chi connectivity index (χ0) is 19.4. The first kappa shape index (κ1) is 19.0. The van der Waals surface area contributed by atoms with Gasteiger partial charge in [-0.05, 0) is 43.7 Å². The maximum atomic E-state index is 12.3. The fraction of sp³-hybridized carbons (Fsp3) is 0.300. The van der Waals surface area contributed by atoms with Crippen LogP contribution in [0.5, 0.6) is 0 Å². The third-order valence-corrected chi connectivity index (χ3v) is 4.62. The van der Waals surface area contributed by atoms with E-state index in [-0.39, 0.29) is 12.5 Å². The minimum absolute atomic E-state index is 0.0932. The molecule has 1 aromatic heterocycles. The van der Waals surface area contributed by atoms with E-state index < -0.39 is 5.76 Å². The van der Waals surface area contributed by atoms with Gasteiger partial charge in [0, 0.05) is 36.4 Å². The maximum Gasteiger partial charge on any atom is 0.420 e. The lowest BCUT2D eigenvalue weighted by molar-refractivity contribution is -0.121. The molecule has 0 spiro atoms. The van der Waals surface area contributed by atoms with Crippen LogP contribution >= 0.6 is 11.6 Å². The Morgan fingerprint density at radius 3 is 2.81 bits per heavy atom. The van der Waals surface area contributed by atoms with Crippen molar-refractivity contribution in [3.8, 4) is 0 Å². The summed E-state index contributed by atoms with van der Waals surface area (Å²) >= 11 is 5.90. The average molecular weight is 388 g/mol. The van der Waals surface area contributed by atoms with E-state index in [0.29, 0.717) is 29.2 Å². The molecule has 7 heteroatoms. The third-order valence-electron chi connectivity index (χ3n) is 4.38. The van der Waals surface area contributed by atoms with Gasteiger partial charge in [0.05, 0.1) is 5.52 Å². The topological polar surface area (TPSA) is 67.5 Å². The number of anilines is 1. The van der Waals surface area contributed by atoms with E-state index in [0.717, 1.165) is 12.2 Å². The number of halogens is 1. The number of rotatable bonds is 7. The lowest BCUT2D eigenvalue weighted by atomic mass is 10.2.